The number of hydrogen-bond acceptors (Lipinski definition) is 3. The molecule has 0 aromatic heterocycles. The van der Waals surface area contributed by atoms with Crippen LogP contribution in [0, 0.1) is 0 Å². The first-order valence-electron chi connectivity index (χ1n) is 5.88. The maximum atomic E-state index is 12.1. The molecule has 0 radical (unpaired) electrons. The van der Waals surface area contributed by atoms with E-state index >= 15 is 0 Å². The van der Waals surface area contributed by atoms with Crippen molar-refractivity contribution in [2.75, 3.05) is 20.7 Å². The van der Waals surface area contributed by atoms with Crippen LogP contribution in [0.1, 0.15) is 22.3 Å². The molecule has 112 valence electrons. The molecular weight excluding hydrogens is 275 g/mol. The lowest BCUT2D eigenvalue weighted by atomic mass is 10.1. The van der Waals surface area contributed by atoms with Crippen molar-refractivity contribution in [3.05, 3.63) is 29.3 Å². The second kappa shape index (κ2) is 6.60. The number of nitrogens with zero attached hydrogens (tertiary/aromatic N) is 1. The van der Waals surface area contributed by atoms with Crippen LogP contribution in [0.4, 0.5) is 13.2 Å². The Bertz CT molecular complexity index is 474. The number of alkyl halides is 3. The number of carbonyl (C=O) groups is 1. The normalized spacial score (nSPS) is 11.7. The van der Waals surface area contributed by atoms with Gasteiger partial charge in [0.2, 0.25) is 0 Å². The minimum atomic E-state index is -4.18. The molecule has 4 nitrogen and oxygen atoms in total. The van der Waals surface area contributed by atoms with Crippen LogP contribution in [0.5, 0.6) is 5.75 Å². The summed E-state index contributed by atoms with van der Waals surface area (Å²) in [5.41, 5.74) is 0.714. The molecule has 0 spiro atoms. The van der Waals surface area contributed by atoms with Gasteiger partial charge in [-0.15, -0.1) is 0 Å². The van der Waals surface area contributed by atoms with Gasteiger partial charge in [0.1, 0.15) is 11.3 Å². The topological polar surface area (TPSA) is 49.8 Å². The van der Waals surface area contributed by atoms with E-state index in [2.05, 4.69) is 0 Å². The summed E-state index contributed by atoms with van der Waals surface area (Å²) < 4.78 is 41.3. The predicted octanol–water partition coefficient (Wildman–Crippen LogP) is 2.78. The van der Waals surface area contributed by atoms with Crippen LogP contribution in [0.25, 0.3) is 0 Å². The smallest absolute Gasteiger partial charge is 0.390 e. The van der Waals surface area contributed by atoms with Gasteiger partial charge in [-0.05, 0) is 24.7 Å². The summed E-state index contributed by atoms with van der Waals surface area (Å²) >= 11 is 0. The standard InChI is InChI=1S/C13H16F3NO3/c1-17(6-5-13(14,15)16)8-9-3-4-10(12(18)19)11(7-9)20-2/h3-4,7H,5-6,8H2,1-2H3,(H,18,19). The molecule has 0 fully saturated rings. The molecule has 1 aromatic rings. The first-order valence-corrected chi connectivity index (χ1v) is 5.88. The number of rotatable bonds is 6. The van der Waals surface area contributed by atoms with Crippen molar-refractivity contribution in [3.63, 3.8) is 0 Å². The van der Waals surface area contributed by atoms with Crippen molar-refractivity contribution < 1.29 is 27.8 Å². The zero-order valence-corrected chi connectivity index (χ0v) is 11.2. The van der Waals surface area contributed by atoms with E-state index in [1.54, 1.807) is 13.1 Å². The number of hydrogen-bond donors (Lipinski definition) is 1. The fourth-order valence-electron chi connectivity index (χ4n) is 1.72. The highest BCUT2D eigenvalue weighted by Crippen LogP contribution is 2.22. The molecule has 0 unspecified atom stereocenters. The number of ether oxygens (including phenoxy) is 1. The lowest BCUT2D eigenvalue weighted by Crippen LogP contribution is -2.24. The molecule has 20 heavy (non-hydrogen) atoms. The van der Waals surface area contributed by atoms with Gasteiger partial charge in [0.15, 0.2) is 0 Å². The Morgan fingerprint density at radius 2 is 2.05 bits per heavy atom. The Balaban J connectivity index is 2.71. The van der Waals surface area contributed by atoms with Gasteiger partial charge in [0, 0.05) is 13.1 Å². The summed E-state index contributed by atoms with van der Waals surface area (Å²) in [6, 6.07) is 4.47. The third-order valence-corrected chi connectivity index (χ3v) is 2.73. The van der Waals surface area contributed by atoms with Crippen LogP contribution >= 0.6 is 0 Å². The Kier molecular flexibility index (Phi) is 5.38. The van der Waals surface area contributed by atoms with Gasteiger partial charge < -0.3 is 14.7 Å². The third kappa shape index (κ3) is 5.08. The molecule has 0 aliphatic rings. The van der Waals surface area contributed by atoms with E-state index in [9.17, 15) is 18.0 Å². The van der Waals surface area contributed by atoms with Crippen LogP contribution < -0.4 is 4.74 Å². The molecule has 0 saturated carbocycles. The van der Waals surface area contributed by atoms with E-state index in [0.717, 1.165) is 0 Å². The van der Waals surface area contributed by atoms with Gasteiger partial charge in [-0.3, -0.25) is 0 Å². The van der Waals surface area contributed by atoms with Crippen molar-refractivity contribution in [2.45, 2.75) is 19.1 Å². The van der Waals surface area contributed by atoms with Crippen molar-refractivity contribution in [1.29, 1.82) is 0 Å². The van der Waals surface area contributed by atoms with E-state index < -0.39 is 18.6 Å². The number of carboxylic acid groups (broad SMARTS) is 1. The van der Waals surface area contributed by atoms with Crippen molar-refractivity contribution in [2.24, 2.45) is 0 Å². The largest absolute Gasteiger partial charge is 0.496 e. The van der Waals surface area contributed by atoms with E-state index in [-0.39, 0.29) is 24.4 Å². The van der Waals surface area contributed by atoms with Gasteiger partial charge in [-0.25, -0.2) is 4.79 Å². The number of carboxylic acids is 1. The SMILES string of the molecule is COc1cc(CN(C)CCC(F)(F)F)ccc1C(=O)O. The number of aromatic carboxylic acids is 1. The highest BCUT2D eigenvalue weighted by molar-refractivity contribution is 5.90. The first-order chi connectivity index (χ1) is 9.23. The van der Waals surface area contributed by atoms with E-state index in [0.29, 0.717) is 5.56 Å². The maximum Gasteiger partial charge on any atom is 0.390 e. The number of halogens is 3. The molecule has 7 heteroatoms. The molecule has 0 bridgehead atoms. The molecule has 0 saturated heterocycles. The summed E-state index contributed by atoms with van der Waals surface area (Å²) in [6.45, 7) is 0.166. The molecule has 0 heterocycles. The zero-order chi connectivity index (χ0) is 15.3. The predicted molar refractivity (Wildman–Crippen MR) is 67.0 cm³/mol. The Labute approximate surface area is 114 Å². The Morgan fingerprint density at radius 1 is 1.40 bits per heavy atom. The second-order valence-corrected chi connectivity index (χ2v) is 4.44. The summed E-state index contributed by atoms with van der Waals surface area (Å²) in [5, 5.41) is 8.93. The van der Waals surface area contributed by atoms with Crippen LogP contribution in [0.3, 0.4) is 0 Å². The molecule has 0 amide bonds. The number of methoxy groups -OCH3 is 1. The Morgan fingerprint density at radius 3 is 2.55 bits per heavy atom. The fraction of sp³-hybridized carbons (Fsp3) is 0.462. The minimum Gasteiger partial charge on any atom is -0.496 e. The van der Waals surface area contributed by atoms with Crippen molar-refractivity contribution >= 4 is 5.97 Å². The molecule has 0 aliphatic heterocycles. The highest BCUT2D eigenvalue weighted by Gasteiger charge is 2.27. The first kappa shape index (κ1) is 16.3. The summed E-state index contributed by atoms with van der Waals surface area (Å²) in [6.07, 6.45) is -5.06. The lowest BCUT2D eigenvalue weighted by Gasteiger charge is -2.18. The third-order valence-electron chi connectivity index (χ3n) is 2.73. The highest BCUT2D eigenvalue weighted by atomic mass is 19.4. The summed E-state index contributed by atoms with van der Waals surface area (Å²) in [4.78, 5) is 12.4. The average Bonchev–Trinajstić information content (AvgIpc) is 2.35. The molecule has 1 aromatic carbocycles. The van der Waals surface area contributed by atoms with Gasteiger partial charge in [-0.1, -0.05) is 6.07 Å². The average molecular weight is 291 g/mol. The quantitative estimate of drug-likeness (QED) is 0.875. The molecule has 0 atom stereocenters. The van der Waals surface area contributed by atoms with E-state index in [1.165, 1.54) is 24.1 Å². The number of benzene rings is 1. The second-order valence-electron chi connectivity index (χ2n) is 4.44. The summed E-state index contributed by atoms with van der Waals surface area (Å²) in [5.74, 6) is -0.918. The molecule has 1 rings (SSSR count). The van der Waals surface area contributed by atoms with E-state index in [1.807, 2.05) is 0 Å². The zero-order valence-electron chi connectivity index (χ0n) is 11.2. The van der Waals surface area contributed by atoms with Crippen LogP contribution in [0.2, 0.25) is 0 Å². The van der Waals surface area contributed by atoms with Crippen LogP contribution in [0.15, 0.2) is 18.2 Å². The molecule has 0 aliphatic carbocycles. The fourth-order valence-corrected chi connectivity index (χ4v) is 1.72. The molecular formula is C13H16F3NO3. The Hall–Kier alpha value is -1.76. The van der Waals surface area contributed by atoms with Crippen LogP contribution in [-0.2, 0) is 6.54 Å². The minimum absolute atomic E-state index is 0.0224. The van der Waals surface area contributed by atoms with Crippen molar-refractivity contribution in [3.8, 4) is 5.75 Å². The van der Waals surface area contributed by atoms with Gasteiger partial charge in [-0.2, -0.15) is 13.2 Å². The maximum absolute atomic E-state index is 12.1. The van der Waals surface area contributed by atoms with Gasteiger partial charge >= 0.3 is 12.1 Å². The van der Waals surface area contributed by atoms with Gasteiger partial charge in [0.25, 0.3) is 0 Å². The summed E-state index contributed by atoms with van der Waals surface area (Å²) in [7, 11) is 2.92. The van der Waals surface area contributed by atoms with Crippen molar-refractivity contribution in [1.82, 2.24) is 4.90 Å². The van der Waals surface area contributed by atoms with Crippen LogP contribution in [-0.4, -0.2) is 42.9 Å². The van der Waals surface area contributed by atoms with E-state index in [4.69, 9.17) is 9.84 Å². The monoisotopic (exact) mass is 291 g/mol. The van der Waals surface area contributed by atoms with Gasteiger partial charge in [0.05, 0.1) is 13.5 Å². The molecule has 1 N–H and O–H groups in total. The lowest BCUT2D eigenvalue weighted by molar-refractivity contribution is -0.137.